The van der Waals surface area contributed by atoms with E-state index in [0.29, 0.717) is 0 Å². The van der Waals surface area contributed by atoms with Crippen molar-refractivity contribution in [3.63, 3.8) is 0 Å². The van der Waals surface area contributed by atoms with Gasteiger partial charge in [0.1, 0.15) is 11.5 Å². The standard InChI is InChI=1S/C25H28O2/c1-4-5-19-25(20-9-7-6-8-10-20,21-11-15-23(26-2)16-12-21)22-13-17-24(27-3)18-14-22/h6-18H,4-5,19H2,1-3H3. The van der Waals surface area contributed by atoms with Crippen molar-refractivity contribution in [2.24, 2.45) is 0 Å². The van der Waals surface area contributed by atoms with Crippen molar-refractivity contribution in [1.29, 1.82) is 0 Å². The van der Waals surface area contributed by atoms with Crippen LogP contribution in [0.4, 0.5) is 0 Å². The van der Waals surface area contributed by atoms with Gasteiger partial charge in [-0.3, -0.25) is 0 Å². The predicted molar refractivity (Wildman–Crippen MR) is 112 cm³/mol. The number of ether oxygens (including phenoxy) is 2. The minimum atomic E-state index is -0.199. The Bertz CT molecular complexity index is 773. The zero-order valence-electron chi connectivity index (χ0n) is 16.4. The molecular formula is C25H28O2. The van der Waals surface area contributed by atoms with Gasteiger partial charge in [-0.25, -0.2) is 0 Å². The molecule has 0 radical (unpaired) electrons. The second kappa shape index (κ2) is 8.77. The van der Waals surface area contributed by atoms with Crippen LogP contribution in [0.3, 0.4) is 0 Å². The van der Waals surface area contributed by atoms with E-state index in [0.717, 1.165) is 30.8 Å². The van der Waals surface area contributed by atoms with Crippen LogP contribution in [0.1, 0.15) is 42.9 Å². The molecule has 0 bridgehead atoms. The van der Waals surface area contributed by atoms with E-state index in [1.165, 1.54) is 16.7 Å². The lowest BCUT2D eigenvalue weighted by Crippen LogP contribution is -2.29. The zero-order valence-corrected chi connectivity index (χ0v) is 16.4. The molecule has 0 aromatic heterocycles. The van der Waals surface area contributed by atoms with Gasteiger partial charge in [0.2, 0.25) is 0 Å². The van der Waals surface area contributed by atoms with E-state index in [9.17, 15) is 0 Å². The highest BCUT2D eigenvalue weighted by molar-refractivity contribution is 5.52. The fourth-order valence-electron chi connectivity index (χ4n) is 3.85. The number of unbranched alkanes of at least 4 members (excludes halogenated alkanes) is 1. The first-order valence-corrected chi connectivity index (χ1v) is 9.59. The molecule has 0 aliphatic carbocycles. The van der Waals surface area contributed by atoms with Crippen molar-refractivity contribution in [1.82, 2.24) is 0 Å². The molecular weight excluding hydrogens is 332 g/mol. The number of methoxy groups -OCH3 is 2. The van der Waals surface area contributed by atoms with Gasteiger partial charge in [-0.2, -0.15) is 0 Å². The molecule has 0 saturated heterocycles. The van der Waals surface area contributed by atoms with Crippen LogP contribution < -0.4 is 9.47 Å². The maximum atomic E-state index is 5.39. The summed E-state index contributed by atoms with van der Waals surface area (Å²) >= 11 is 0. The van der Waals surface area contributed by atoms with Gasteiger partial charge in [0.05, 0.1) is 14.2 Å². The molecule has 2 heteroatoms. The fourth-order valence-corrected chi connectivity index (χ4v) is 3.85. The van der Waals surface area contributed by atoms with Gasteiger partial charge in [0, 0.05) is 5.41 Å². The summed E-state index contributed by atoms with van der Waals surface area (Å²) in [5.41, 5.74) is 3.69. The van der Waals surface area contributed by atoms with Gasteiger partial charge < -0.3 is 9.47 Å². The second-order valence-electron chi connectivity index (χ2n) is 6.83. The van der Waals surface area contributed by atoms with Crippen LogP contribution in [0, 0.1) is 0 Å². The molecule has 2 nitrogen and oxygen atoms in total. The van der Waals surface area contributed by atoms with Crippen molar-refractivity contribution >= 4 is 0 Å². The largest absolute Gasteiger partial charge is 0.497 e. The fraction of sp³-hybridized carbons (Fsp3) is 0.280. The van der Waals surface area contributed by atoms with Gasteiger partial charge in [-0.05, 0) is 47.4 Å². The number of hydrogen-bond acceptors (Lipinski definition) is 2. The molecule has 3 aromatic rings. The van der Waals surface area contributed by atoms with Crippen molar-refractivity contribution in [2.45, 2.75) is 31.6 Å². The van der Waals surface area contributed by atoms with E-state index < -0.39 is 0 Å². The lowest BCUT2D eigenvalue weighted by Gasteiger charge is -2.36. The summed E-state index contributed by atoms with van der Waals surface area (Å²) in [5.74, 6) is 1.76. The number of benzene rings is 3. The molecule has 0 fully saturated rings. The average Bonchev–Trinajstić information content (AvgIpc) is 2.76. The van der Waals surface area contributed by atoms with Gasteiger partial charge in [-0.1, -0.05) is 74.4 Å². The van der Waals surface area contributed by atoms with E-state index in [4.69, 9.17) is 9.47 Å². The summed E-state index contributed by atoms with van der Waals surface area (Å²) in [6.45, 7) is 2.25. The molecule has 0 aliphatic heterocycles. The number of hydrogen-bond donors (Lipinski definition) is 0. The maximum absolute atomic E-state index is 5.39. The van der Waals surface area contributed by atoms with Crippen molar-refractivity contribution < 1.29 is 9.47 Å². The summed E-state index contributed by atoms with van der Waals surface area (Å²) in [5, 5.41) is 0. The molecule has 0 heterocycles. The maximum Gasteiger partial charge on any atom is 0.118 e. The quantitative estimate of drug-likeness (QED) is 0.443. The van der Waals surface area contributed by atoms with Crippen LogP contribution in [0.25, 0.3) is 0 Å². The van der Waals surface area contributed by atoms with Crippen LogP contribution >= 0.6 is 0 Å². The monoisotopic (exact) mass is 360 g/mol. The van der Waals surface area contributed by atoms with Crippen LogP contribution in [0.5, 0.6) is 11.5 Å². The van der Waals surface area contributed by atoms with E-state index in [-0.39, 0.29) is 5.41 Å². The normalized spacial score (nSPS) is 11.2. The molecule has 3 aromatic carbocycles. The molecule has 3 rings (SSSR count). The van der Waals surface area contributed by atoms with Gasteiger partial charge in [-0.15, -0.1) is 0 Å². The highest BCUT2D eigenvalue weighted by atomic mass is 16.5. The Kier molecular flexibility index (Phi) is 6.18. The Morgan fingerprint density at radius 1 is 0.630 bits per heavy atom. The Labute approximate surface area is 162 Å². The summed E-state index contributed by atoms with van der Waals surface area (Å²) in [6, 6.07) is 27.8. The van der Waals surface area contributed by atoms with Crippen molar-refractivity contribution in [3.05, 3.63) is 95.6 Å². The second-order valence-corrected chi connectivity index (χ2v) is 6.83. The van der Waals surface area contributed by atoms with Crippen LogP contribution in [0.2, 0.25) is 0 Å². The van der Waals surface area contributed by atoms with Crippen LogP contribution in [0.15, 0.2) is 78.9 Å². The SMILES string of the molecule is CCCCC(c1ccccc1)(c1ccc(OC)cc1)c1ccc(OC)cc1. The van der Waals surface area contributed by atoms with E-state index in [1.807, 2.05) is 0 Å². The lowest BCUT2D eigenvalue weighted by molar-refractivity contribution is 0.413. The van der Waals surface area contributed by atoms with Crippen LogP contribution in [-0.4, -0.2) is 14.2 Å². The Hall–Kier alpha value is -2.74. The third-order valence-corrected chi connectivity index (χ3v) is 5.34. The molecule has 0 saturated carbocycles. The Morgan fingerprint density at radius 2 is 1.07 bits per heavy atom. The van der Waals surface area contributed by atoms with Crippen LogP contribution in [-0.2, 0) is 5.41 Å². The minimum absolute atomic E-state index is 0.199. The summed E-state index contributed by atoms with van der Waals surface area (Å²) in [4.78, 5) is 0. The highest BCUT2D eigenvalue weighted by Crippen LogP contribution is 2.44. The third kappa shape index (κ3) is 3.85. The van der Waals surface area contributed by atoms with E-state index in [2.05, 4.69) is 85.8 Å². The molecule has 0 atom stereocenters. The smallest absolute Gasteiger partial charge is 0.118 e. The van der Waals surface area contributed by atoms with Gasteiger partial charge in [0.15, 0.2) is 0 Å². The molecule has 0 spiro atoms. The van der Waals surface area contributed by atoms with Crippen molar-refractivity contribution in [2.75, 3.05) is 14.2 Å². The topological polar surface area (TPSA) is 18.5 Å². The molecule has 0 amide bonds. The Balaban J connectivity index is 2.22. The van der Waals surface area contributed by atoms with E-state index >= 15 is 0 Å². The summed E-state index contributed by atoms with van der Waals surface area (Å²) in [6.07, 6.45) is 3.35. The molecule has 0 N–H and O–H groups in total. The Morgan fingerprint density at radius 3 is 1.48 bits per heavy atom. The third-order valence-electron chi connectivity index (χ3n) is 5.34. The predicted octanol–water partition coefficient (Wildman–Crippen LogP) is 6.23. The average molecular weight is 360 g/mol. The minimum Gasteiger partial charge on any atom is -0.497 e. The first-order chi connectivity index (χ1) is 13.2. The summed E-state index contributed by atoms with van der Waals surface area (Å²) < 4.78 is 10.8. The van der Waals surface area contributed by atoms with Gasteiger partial charge >= 0.3 is 0 Å². The summed E-state index contributed by atoms with van der Waals surface area (Å²) in [7, 11) is 3.42. The lowest BCUT2D eigenvalue weighted by atomic mass is 9.66. The zero-order chi connectivity index (χ0) is 19.1. The molecule has 0 aliphatic rings. The molecule has 0 unspecified atom stereocenters. The molecule has 27 heavy (non-hydrogen) atoms. The first-order valence-electron chi connectivity index (χ1n) is 9.59. The number of rotatable bonds is 8. The highest BCUT2D eigenvalue weighted by Gasteiger charge is 2.35. The van der Waals surface area contributed by atoms with Gasteiger partial charge in [0.25, 0.3) is 0 Å². The van der Waals surface area contributed by atoms with E-state index in [1.54, 1.807) is 14.2 Å². The first kappa shape index (κ1) is 19.0. The van der Waals surface area contributed by atoms with Crippen molar-refractivity contribution in [3.8, 4) is 11.5 Å². The molecule has 140 valence electrons.